The zero-order valence-corrected chi connectivity index (χ0v) is 6.79. The SMILES string of the molecule is Cc1c[nH]c(=O)n1CC(C)N. The lowest BCUT2D eigenvalue weighted by Crippen LogP contribution is -2.29. The van der Waals surface area contributed by atoms with E-state index in [4.69, 9.17) is 5.73 Å². The smallest absolute Gasteiger partial charge is 0.325 e. The highest BCUT2D eigenvalue weighted by molar-refractivity contribution is 4.94. The highest BCUT2D eigenvalue weighted by Gasteiger charge is 2.02. The molecule has 1 unspecified atom stereocenters. The third-order valence-electron chi connectivity index (χ3n) is 1.55. The van der Waals surface area contributed by atoms with Crippen molar-refractivity contribution in [2.75, 3.05) is 0 Å². The maximum Gasteiger partial charge on any atom is 0.325 e. The van der Waals surface area contributed by atoms with Crippen molar-refractivity contribution in [1.29, 1.82) is 0 Å². The van der Waals surface area contributed by atoms with E-state index in [1.807, 2.05) is 13.8 Å². The molecule has 0 aliphatic heterocycles. The molecule has 0 aliphatic carbocycles. The van der Waals surface area contributed by atoms with Crippen LogP contribution in [0.1, 0.15) is 12.6 Å². The van der Waals surface area contributed by atoms with Crippen molar-refractivity contribution >= 4 is 0 Å². The minimum atomic E-state index is -0.0835. The van der Waals surface area contributed by atoms with Crippen molar-refractivity contribution in [3.05, 3.63) is 22.4 Å². The zero-order valence-electron chi connectivity index (χ0n) is 6.79. The van der Waals surface area contributed by atoms with Crippen LogP contribution in [0.3, 0.4) is 0 Å². The minimum Gasteiger partial charge on any atom is -0.326 e. The Morgan fingerprint density at radius 1 is 1.82 bits per heavy atom. The molecule has 62 valence electrons. The van der Waals surface area contributed by atoms with Crippen LogP contribution in [-0.4, -0.2) is 15.6 Å². The van der Waals surface area contributed by atoms with E-state index in [0.29, 0.717) is 6.54 Å². The topological polar surface area (TPSA) is 63.8 Å². The van der Waals surface area contributed by atoms with E-state index >= 15 is 0 Å². The number of hydrogen-bond donors (Lipinski definition) is 2. The van der Waals surface area contributed by atoms with E-state index < -0.39 is 0 Å². The Bertz CT molecular complexity index is 284. The molecular weight excluding hydrogens is 142 g/mol. The van der Waals surface area contributed by atoms with Crippen molar-refractivity contribution in [2.24, 2.45) is 5.73 Å². The molecule has 0 fully saturated rings. The van der Waals surface area contributed by atoms with Crippen LogP contribution in [0.15, 0.2) is 11.0 Å². The van der Waals surface area contributed by atoms with Crippen LogP contribution in [0.5, 0.6) is 0 Å². The van der Waals surface area contributed by atoms with Gasteiger partial charge in [-0.2, -0.15) is 0 Å². The highest BCUT2D eigenvalue weighted by Crippen LogP contribution is 1.92. The van der Waals surface area contributed by atoms with Gasteiger partial charge < -0.3 is 10.7 Å². The first-order valence-electron chi connectivity index (χ1n) is 3.61. The number of nitrogens with zero attached hydrogens (tertiary/aromatic N) is 1. The van der Waals surface area contributed by atoms with Crippen molar-refractivity contribution in [3.63, 3.8) is 0 Å². The molecule has 0 aromatic carbocycles. The molecule has 4 heteroatoms. The zero-order chi connectivity index (χ0) is 8.43. The lowest BCUT2D eigenvalue weighted by molar-refractivity contribution is 0.565. The number of hydrogen-bond acceptors (Lipinski definition) is 2. The van der Waals surface area contributed by atoms with Crippen molar-refractivity contribution in [2.45, 2.75) is 26.4 Å². The molecule has 0 radical (unpaired) electrons. The number of aromatic amines is 1. The van der Waals surface area contributed by atoms with Gasteiger partial charge in [-0.05, 0) is 13.8 Å². The maximum absolute atomic E-state index is 11.0. The quantitative estimate of drug-likeness (QED) is 0.623. The molecule has 0 saturated heterocycles. The van der Waals surface area contributed by atoms with Gasteiger partial charge in [-0.15, -0.1) is 0 Å². The largest absolute Gasteiger partial charge is 0.326 e. The predicted molar refractivity (Wildman–Crippen MR) is 43.4 cm³/mol. The summed E-state index contributed by atoms with van der Waals surface area (Å²) in [5.41, 5.74) is 6.39. The summed E-state index contributed by atoms with van der Waals surface area (Å²) in [7, 11) is 0. The maximum atomic E-state index is 11.0. The fourth-order valence-corrected chi connectivity index (χ4v) is 0.997. The monoisotopic (exact) mass is 155 g/mol. The Labute approximate surface area is 65.0 Å². The van der Waals surface area contributed by atoms with Gasteiger partial charge in [0.1, 0.15) is 0 Å². The Morgan fingerprint density at radius 3 is 2.82 bits per heavy atom. The lowest BCUT2D eigenvalue weighted by Gasteiger charge is -2.06. The Balaban J connectivity index is 2.92. The standard InChI is InChI=1S/C7H13N3O/c1-5(8)4-10-6(2)3-9-7(10)11/h3,5H,4,8H2,1-2H3,(H,9,11). The number of imidazole rings is 1. The van der Waals surface area contributed by atoms with Crippen LogP contribution in [0.2, 0.25) is 0 Å². The molecule has 1 rings (SSSR count). The van der Waals surface area contributed by atoms with Crippen molar-refractivity contribution in [3.8, 4) is 0 Å². The second-order valence-electron chi connectivity index (χ2n) is 2.82. The van der Waals surface area contributed by atoms with E-state index in [2.05, 4.69) is 4.98 Å². The first-order valence-corrected chi connectivity index (χ1v) is 3.61. The van der Waals surface area contributed by atoms with E-state index in [1.54, 1.807) is 10.8 Å². The van der Waals surface area contributed by atoms with Gasteiger partial charge >= 0.3 is 5.69 Å². The van der Waals surface area contributed by atoms with Crippen LogP contribution in [0, 0.1) is 6.92 Å². The molecule has 3 N–H and O–H groups in total. The third-order valence-corrected chi connectivity index (χ3v) is 1.55. The van der Waals surface area contributed by atoms with Crippen LogP contribution in [0.4, 0.5) is 0 Å². The van der Waals surface area contributed by atoms with Gasteiger partial charge in [0.25, 0.3) is 0 Å². The van der Waals surface area contributed by atoms with Gasteiger partial charge in [0.2, 0.25) is 0 Å². The Kier molecular flexibility index (Phi) is 2.14. The van der Waals surface area contributed by atoms with E-state index in [-0.39, 0.29) is 11.7 Å². The average Bonchev–Trinajstić information content (AvgIpc) is 2.18. The summed E-state index contributed by atoms with van der Waals surface area (Å²) in [6.07, 6.45) is 1.69. The average molecular weight is 155 g/mol. The van der Waals surface area contributed by atoms with Crippen LogP contribution in [0.25, 0.3) is 0 Å². The molecule has 0 aliphatic rings. The van der Waals surface area contributed by atoms with Crippen LogP contribution < -0.4 is 11.4 Å². The molecule has 1 atom stereocenters. The summed E-state index contributed by atoms with van der Waals surface area (Å²) in [6.45, 7) is 4.33. The molecule has 0 spiro atoms. The summed E-state index contributed by atoms with van der Waals surface area (Å²) < 4.78 is 1.63. The molecule has 1 aromatic rings. The Hall–Kier alpha value is -1.03. The van der Waals surface area contributed by atoms with Crippen LogP contribution >= 0.6 is 0 Å². The van der Waals surface area contributed by atoms with E-state index in [1.165, 1.54) is 0 Å². The summed E-state index contributed by atoms with van der Waals surface area (Å²) in [6, 6.07) is 0.0159. The fraction of sp³-hybridized carbons (Fsp3) is 0.571. The second-order valence-corrected chi connectivity index (χ2v) is 2.82. The first kappa shape index (κ1) is 8.07. The molecule has 0 saturated carbocycles. The van der Waals surface area contributed by atoms with E-state index in [0.717, 1.165) is 5.69 Å². The summed E-state index contributed by atoms with van der Waals surface area (Å²) in [5, 5.41) is 0. The van der Waals surface area contributed by atoms with Crippen LogP contribution in [-0.2, 0) is 6.54 Å². The van der Waals surface area contributed by atoms with Gasteiger partial charge in [-0.3, -0.25) is 4.57 Å². The molecular formula is C7H13N3O. The molecule has 0 amide bonds. The fourth-order valence-electron chi connectivity index (χ4n) is 0.997. The summed E-state index contributed by atoms with van der Waals surface area (Å²) in [4.78, 5) is 13.6. The first-order chi connectivity index (χ1) is 5.11. The minimum absolute atomic E-state index is 0.0159. The van der Waals surface area contributed by atoms with Gasteiger partial charge in [-0.1, -0.05) is 0 Å². The van der Waals surface area contributed by atoms with Gasteiger partial charge in [-0.25, -0.2) is 4.79 Å². The summed E-state index contributed by atoms with van der Waals surface area (Å²) >= 11 is 0. The molecule has 11 heavy (non-hydrogen) atoms. The second kappa shape index (κ2) is 2.92. The van der Waals surface area contributed by atoms with Crippen molar-refractivity contribution in [1.82, 2.24) is 9.55 Å². The Morgan fingerprint density at radius 2 is 2.45 bits per heavy atom. The molecule has 1 aromatic heterocycles. The van der Waals surface area contributed by atoms with Gasteiger partial charge in [0, 0.05) is 24.5 Å². The molecule has 0 bridgehead atoms. The van der Waals surface area contributed by atoms with Crippen molar-refractivity contribution < 1.29 is 0 Å². The summed E-state index contributed by atoms with van der Waals surface area (Å²) in [5.74, 6) is 0. The van der Waals surface area contributed by atoms with Gasteiger partial charge in [0.15, 0.2) is 0 Å². The normalized spacial score (nSPS) is 13.4. The molecule has 1 heterocycles. The molecule has 4 nitrogen and oxygen atoms in total. The number of rotatable bonds is 2. The lowest BCUT2D eigenvalue weighted by atomic mass is 10.3. The van der Waals surface area contributed by atoms with Gasteiger partial charge in [0.05, 0.1) is 0 Å². The third kappa shape index (κ3) is 1.71. The number of aryl methyl sites for hydroxylation is 1. The predicted octanol–water partition coefficient (Wildman–Crippen LogP) is -0.168. The number of H-pyrrole nitrogens is 1. The highest BCUT2D eigenvalue weighted by atomic mass is 16.1. The number of nitrogens with two attached hydrogens (primary N) is 1. The number of nitrogens with one attached hydrogen (secondary N) is 1. The van der Waals surface area contributed by atoms with E-state index in [9.17, 15) is 4.79 Å². The number of aromatic nitrogens is 2.